The molecule has 0 fully saturated rings. The predicted molar refractivity (Wildman–Crippen MR) is 132 cm³/mol. The van der Waals surface area contributed by atoms with E-state index in [1.165, 1.54) is 23.3 Å². The highest BCUT2D eigenvalue weighted by molar-refractivity contribution is 6.31. The highest BCUT2D eigenvalue weighted by Gasteiger charge is 2.35. The lowest BCUT2D eigenvalue weighted by atomic mass is 9.98. The fraction of sp³-hybridized carbons (Fsp3) is 0.269. The lowest BCUT2D eigenvalue weighted by Crippen LogP contribution is -2.42. The minimum Gasteiger partial charge on any atom is -0.497 e. The zero-order chi connectivity index (χ0) is 24.8. The van der Waals surface area contributed by atoms with Crippen LogP contribution in [-0.2, 0) is 9.53 Å². The van der Waals surface area contributed by atoms with Crippen LogP contribution in [0.1, 0.15) is 34.1 Å². The average molecular weight is 496 g/mol. The second-order valence-electron chi connectivity index (χ2n) is 7.96. The average Bonchev–Trinajstić information content (AvgIpc) is 3.57. The van der Waals surface area contributed by atoms with Crippen LogP contribution in [0.15, 0.2) is 76.4 Å². The van der Waals surface area contributed by atoms with Gasteiger partial charge in [0.25, 0.3) is 11.8 Å². The summed E-state index contributed by atoms with van der Waals surface area (Å²) in [4.78, 5) is 27.9. The summed E-state index contributed by atoms with van der Waals surface area (Å²) in [5.41, 5.74) is 2.35. The van der Waals surface area contributed by atoms with Gasteiger partial charge in [0, 0.05) is 30.7 Å². The zero-order valence-corrected chi connectivity index (χ0v) is 20.3. The summed E-state index contributed by atoms with van der Waals surface area (Å²) in [6.07, 6.45) is 1.88. The quantitative estimate of drug-likeness (QED) is 0.439. The van der Waals surface area contributed by atoms with E-state index in [1.54, 1.807) is 25.3 Å². The summed E-state index contributed by atoms with van der Waals surface area (Å²) in [5, 5.41) is 6.65. The van der Waals surface area contributed by atoms with Gasteiger partial charge in [-0.2, -0.15) is 5.10 Å². The van der Waals surface area contributed by atoms with Crippen LogP contribution < -0.4 is 4.74 Å². The van der Waals surface area contributed by atoms with Gasteiger partial charge in [0.05, 0.1) is 31.7 Å². The Kier molecular flexibility index (Phi) is 7.84. The Hall–Kier alpha value is -3.62. The van der Waals surface area contributed by atoms with E-state index >= 15 is 0 Å². The van der Waals surface area contributed by atoms with Gasteiger partial charge >= 0.3 is 0 Å². The molecule has 4 rings (SSSR count). The largest absolute Gasteiger partial charge is 0.497 e. The van der Waals surface area contributed by atoms with Crippen molar-refractivity contribution in [3.8, 4) is 5.75 Å². The van der Waals surface area contributed by atoms with E-state index in [1.807, 2.05) is 42.5 Å². The molecule has 35 heavy (non-hydrogen) atoms. The maximum absolute atomic E-state index is 13.6. The molecule has 1 aliphatic rings. The minimum absolute atomic E-state index is 0.151. The Morgan fingerprint density at radius 3 is 2.69 bits per heavy atom. The normalized spacial score (nSPS) is 15.1. The third kappa shape index (κ3) is 5.55. The molecule has 0 saturated heterocycles. The van der Waals surface area contributed by atoms with Crippen molar-refractivity contribution in [2.75, 3.05) is 33.9 Å². The first-order chi connectivity index (χ1) is 17.0. The Morgan fingerprint density at radius 2 is 1.97 bits per heavy atom. The third-order valence-corrected chi connectivity index (χ3v) is 6.09. The molecule has 1 aliphatic heterocycles. The standard InChI is InChI=1S/C26H26ClN3O5/c1-33-14-12-29(26(32)24-11-6-13-35-24)17-25(31)30-23(20-9-3-4-10-21(20)27)16-22(28-30)18-7-5-8-19(15-18)34-2/h3-11,13,15,23H,12,14,16-17H2,1-2H3. The lowest BCUT2D eigenvalue weighted by Gasteiger charge is -2.26. The number of rotatable bonds is 9. The van der Waals surface area contributed by atoms with Crippen LogP contribution in [0, 0.1) is 0 Å². The number of carbonyl (C=O) groups excluding carboxylic acids is 2. The van der Waals surface area contributed by atoms with E-state index < -0.39 is 11.9 Å². The van der Waals surface area contributed by atoms with E-state index in [2.05, 4.69) is 5.10 Å². The van der Waals surface area contributed by atoms with Crippen LogP contribution in [0.2, 0.25) is 5.02 Å². The number of amides is 2. The molecule has 2 aromatic carbocycles. The summed E-state index contributed by atoms with van der Waals surface area (Å²) >= 11 is 6.51. The molecule has 0 saturated carbocycles. The number of hydrogen-bond donors (Lipinski definition) is 0. The first kappa shape index (κ1) is 24.5. The topological polar surface area (TPSA) is 84.6 Å². The second-order valence-corrected chi connectivity index (χ2v) is 8.36. The van der Waals surface area contributed by atoms with Gasteiger partial charge in [-0.05, 0) is 35.9 Å². The first-order valence-corrected chi connectivity index (χ1v) is 11.5. The molecular weight excluding hydrogens is 470 g/mol. The molecule has 8 nitrogen and oxygen atoms in total. The first-order valence-electron chi connectivity index (χ1n) is 11.1. The van der Waals surface area contributed by atoms with Crippen molar-refractivity contribution < 1.29 is 23.5 Å². The molecule has 1 unspecified atom stereocenters. The monoisotopic (exact) mass is 495 g/mol. The zero-order valence-electron chi connectivity index (χ0n) is 19.5. The number of halogens is 1. The van der Waals surface area contributed by atoms with Crippen LogP contribution >= 0.6 is 11.6 Å². The number of hydrazone groups is 1. The molecule has 1 aromatic heterocycles. The van der Waals surface area contributed by atoms with Crippen molar-refractivity contribution in [2.45, 2.75) is 12.5 Å². The fourth-order valence-corrected chi connectivity index (χ4v) is 4.21. The molecule has 9 heteroatoms. The van der Waals surface area contributed by atoms with Gasteiger partial charge in [-0.25, -0.2) is 5.01 Å². The fourth-order valence-electron chi connectivity index (χ4n) is 3.95. The Balaban J connectivity index is 1.65. The Bertz CT molecular complexity index is 1210. The van der Waals surface area contributed by atoms with Crippen LogP contribution in [0.3, 0.4) is 0 Å². The predicted octanol–water partition coefficient (Wildman–Crippen LogP) is 4.41. The molecule has 2 heterocycles. The summed E-state index contributed by atoms with van der Waals surface area (Å²) in [7, 11) is 3.14. The van der Waals surface area contributed by atoms with Gasteiger partial charge in [0.2, 0.25) is 0 Å². The van der Waals surface area contributed by atoms with Gasteiger partial charge in [-0.1, -0.05) is 41.9 Å². The smallest absolute Gasteiger partial charge is 0.290 e. The highest BCUT2D eigenvalue weighted by Crippen LogP contribution is 2.36. The van der Waals surface area contributed by atoms with Gasteiger partial charge in [0.1, 0.15) is 12.3 Å². The second kappa shape index (κ2) is 11.2. The van der Waals surface area contributed by atoms with E-state index in [9.17, 15) is 9.59 Å². The molecule has 3 aromatic rings. The highest BCUT2D eigenvalue weighted by atomic mass is 35.5. The van der Waals surface area contributed by atoms with E-state index in [0.29, 0.717) is 17.2 Å². The Morgan fingerprint density at radius 1 is 1.14 bits per heavy atom. The number of hydrogen-bond acceptors (Lipinski definition) is 6. The van der Waals surface area contributed by atoms with Crippen molar-refractivity contribution in [3.05, 3.63) is 88.8 Å². The SMILES string of the molecule is COCCN(CC(=O)N1N=C(c2cccc(OC)c2)CC1c1ccccc1Cl)C(=O)c1ccco1. The summed E-state index contributed by atoms with van der Waals surface area (Å²) < 4.78 is 15.7. The van der Waals surface area contributed by atoms with Crippen molar-refractivity contribution in [1.82, 2.24) is 9.91 Å². The van der Waals surface area contributed by atoms with Crippen molar-refractivity contribution in [3.63, 3.8) is 0 Å². The molecule has 2 amide bonds. The minimum atomic E-state index is -0.416. The van der Waals surface area contributed by atoms with Crippen LogP contribution in [0.25, 0.3) is 0 Å². The van der Waals surface area contributed by atoms with E-state index in [0.717, 1.165) is 16.8 Å². The Labute approximate surface area is 208 Å². The molecule has 0 N–H and O–H groups in total. The van der Waals surface area contributed by atoms with Crippen LogP contribution in [-0.4, -0.2) is 61.4 Å². The molecule has 0 aliphatic carbocycles. The summed E-state index contributed by atoms with van der Waals surface area (Å²) in [6, 6.07) is 17.7. The summed E-state index contributed by atoms with van der Waals surface area (Å²) in [5.74, 6) is 0.104. The van der Waals surface area contributed by atoms with Crippen molar-refractivity contribution >= 4 is 29.1 Å². The van der Waals surface area contributed by atoms with Gasteiger partial charge in [-0.15, -0.1) is 0 Å². The van der Waals surface area contributed by atoms with Gasteiger partial charge in [0.15, 0.2) is 5.76 Å². The lowest BCUT2D eigenvalue weighted by molar-refractivity contribution is -0.133. The maximum atomic E-state index is 13.6. The van der Waals surface area contributed by atoms with Crippen molar-refractivity contribution in [1.29, 1.82) is 0 Å². The van der Waals surface area contributed by atoms with Crippen LogP contribution in [0.4, 0.5) is 0 Å². The van der Waals surface area contributed by atoms with E-state index in [-0.39, 0.29) is 31.4 Å². The number of carbonyl (C=O) groups is 2. The van der Waals surface area contributed by atoms with Crippen LogP contribution in [0.5, 0.6) is 5.75 Å². The number of nitrogens with zero attached hydrogens (tertiary/aromatic N) is 3. The van der Waals surface area contributed by atoms with Gasteiger partial charge in [-0.3, -0.25) is 9.59 Å². The number of benzene rings is 2. The van der Waals surface area contributed by atoms with Gasteiger partial charge < -0.3 is 18.8 Å². The molecule has 1 atom stereocenters. The third-order valence-electron chi connectivity index (χ3n) is 5.74. The van der Waals surface area contributed by atoms with Crippen molar-refractivity contribution in [2.24, 2.45) is 5.10 Å². The number of furan rings is 1. The molecular formula is C26H26ClN3O5. The molecule has 182 valence electrons. The molecule has 0 spiro atoms. The molecule has 0 bridgehead atoms. The van der Waals surface area contributed by atoms with E-state index in [4.69, 9.17) is 25.5 Å². The number of ether oxygens (including phenoxy) is 2. The molecule has 0 radical (unpaired) electrons. The number of methoxy groups -OCH3 is 2. The summed E-state index contributed by atoms with van der Waals surface area (Å²) in [6.45, 7) is 0.295. The maximum Gasteiger partial charge on any atom is 0.290 e.